The van der Waals surface area contributed by atoms with Crippen molar-refractivity contribution < 1.29 is 18.9 Å². The molecule has 9 nitrogen and oxygen atoms in total. The van der Waals surface area contributed by atoms with Crippen molar-refractivity contribution in [1.82, 2.24) is 15.2 Å². The van der Waals surface area contributed by atoms with Crippen molar-refractivity contribution in [2.45, 2.75) is 17.2 Å². The maximum absolute atomic E-state index is 11.3. The Labute approximate surface area is 116 Å². The van der Waals surface area contributed by atoms with E-state index in [0.717, 1.165) is 11.8 Å². The van der Waals surface area contributed by atoms with Gasteiger partial charge in [0.1, 0.15) is 0 Å². The minimum Gasteiger partial charge on any atom is -0.459 e. The van der Waals surface area contributed by atoms with E-state index < -0.39 is 10.9 Å². The van der Waals surface area contributed by atoms with Crippen LogP contribution in [0.3, 0.4) is 0 Å². The summed E-state index contributed by atoms with van der Waals surface area (Å²) in [4.78, 5) is 25.4. The molecule has 20 heavy (non-hydrogen) atoms. The van der Waals surface area contributed by atoms with Crippen LogP contribution >= 0.6 is 11.8 Å². The fourth-order valence-corrected chi connectivity index (χ4v) is 1.94. The molecular formula is C10H8N4O5S. The molecule has 10 heteroatoms. The molecule has 0 aromatic carbocycles. The maximum Gasteiger partial charge on any atom is 0.396 e. The van der Waals surface area contributed by atoms with Crippen LogP contribution < -0.4 is 0 Å². The fraction of sp³-hybridized carbons (Fsp3) is 0.200. The molecule has 0 radical (unpaired) electrons. The van der Waals surface area contributed by atoms with Gasteiger partial charge in [-0.2, -0.15) is 0 Å². The molecule has 0 saturated carbocycles. The van der Waals surface area contributed by atoms with Gasteiger partial charge in [-0.3, -0.25) is 10.1 Å². The van der Waals surface area contributed by atoms with E-state index in [4.69, 9.17) is 4.42 Å². The molecule has 2 aromatic heterocycles. The van der Waals surface area contributed by atoms with E-state index in [1.807, 2.05) is 0 Å². The largest absolute Gasteiger partial charge is 0.459 e. The molecule has 0 bridgehead atoms. The molecule has 2 aromatic rings. The first kappa shape index (κ1) is 13.9. The Kier molecular flexibility index (Phi) is 4.25. The monoisotopic (exact) mass is 296 g/mol. The van der Waals surface area contributed by atoms with Crippen molar-refractivity contribution in [1.29, 1.82) is 0 Å². The smallest absolute Gasteiger partial charge is 0.396 e. The number of aromatic nitrogens is 3. The molecule has 0 amide bonds. The highest BCUT2D eigenvalue weighted by Gasteiger charge is 2.21. The summed E-state index contributed by atoms with van der Waals surface area (Å²) in [5, 5.41) is 18.0. The molecule has 0 aliphatic heterocycles. The van der Waals surface area contributed by atoms with Gasteiger partial charge in [0.05, 0.1) is 11.5 Å². The molecular weight excluding hydrogens is 288 g/mol. The Morgan fingerprint density at radius 2 is 2.35 bits per heavy atom. The van der Waals surface area contributed by atoms with Crippen molar-refractivity contribution in [3.8, 4) is 0 Å². The van der Waals surface area contributed by atoms with Crippen LogP contribution in [-0.2, 0) is 4.74 Å². The molecule has 0 unspecified atom stereocenters. The fourth-order valence-electron chi connectivity index (χ4n) is 1.21. The highest BCUT2D eigenvalue weighted by Crippen LogP contribution is 2.31. The van der Waals surface area contributed by atoms with Gasteiger partial charge < -0.3 is 9.15 Å². The first-order valence-electron chi connectivity index (χ1n) is 5.39. The highest BCUT2D eigenvalue weighted by atomic mass is 32.2. The molecule has 2 heterocycles. The average Bonchev–Trinajstić information content (AvgIpc) is 2.88. The van der Waals surface area contributed by atoms with E-state index in [1.54, 1.807) is 6.92 Å². The second-order valence-electron chi connectivity index (χ2n) is 3.28. The lowest BCUT2D eigenvalue weighted by Crippen LogP contribution is -2.04. The van der Waals surface area contributed by atoms with Gasteiger partial charge in [-0.05, 0) is 24.8 Å². The molecule has 0 atom stereocenters. The second kappa shape index (κ2) is 6.10. The topological polar surface area (TPSA) is 121 Å². The Hall–Kier alpha value is -2.49. The molecule has 0 fully saturated rings. The SMILES string of the molecule is CCOC(=O)c1nnc(Sc2ncccc2[N+](=O)[O-])o1. The molecule has 0 N–H and O–H groups in total. The lowest BCUT2D eigenvalue weighted by molar-refractivity contribution is -0.388. The third-order valence-electron chi connectivity index (χ3n) is 1.99. The maximum atomic E-state index is 11.3. The summed E-state index contributed by atoms with van der Waals surface area (Å²) in [7, 11) is 0. The van der Waals surface area contributed by atoms with Crippen LogP contribution in [0.15, 0.2) is 33.0 Å². The highest BCUT2D eigenvalue weighted by molar-refractivity contribution is 7.99. The van der Waals surface area contributed by atoms with Crippen molar-refractivity contribution in [3.05, 3.63) is 34.3 Å². The van der Waals surface area contributed by atoms with Crippen molar-refractivity contribution in [2.75, 3.05) is 6.61 Å². The third kappa shape index (κ3) is 3.09. The summed E-state index contributed by atoms with van der Waals surface area (Å²) in [6, 6.07) is 2.75. The number of pyridine rings is 1. The van der Waals surface area contributed by atoms with Gasteiger partial charge in [-0.25, -0.2) is 9.78 Å². The second-order valence-corrected chi connectivity index (χ2v) is 4.22. The zero-order chi connectivity index (χ0) is 14.5. The summed E-state index contributed by atoms with van der Waals surface area (Å²) in [6.45, 7) is 1.82. The number of nitro groups is 1. The Balaban J connectivity index is 2.19. The number of carbonyl (C=O) groups excluding carboxylic acids is 1. The standard InChI is InChI=1S/C10H8N4O5S/c1-2-18-9(15)7-12-13-10(19-7)20-8-6(14(16)17)4-3-5-11-8/h3-5H,2H2,1H3. The van der Waals surface area contributed by atoms with Crippen LogP contribution in [-0.4, -0.2) is 32.7 Å². The number of nitrogens with zero attached hydrogens (tertiary/aromatic N) is 4. The minimum absolute atomic E-state index is 0.0325. The molecule has 104 valence electrons. The van der Waals surface area contributed by atoms with Crippen LogP contribution in [0.4, 0.5) is 5.69 Å². The number of ether oxygens (including phenoxy) is 1. The quantitative estimate of drug-likeness (QED) is 0.460. The van der Waals surface area contributed by atoms with E-state index >= 15 is 0 Å². The minimum atomic E-state index is -0.748. The summed E-state index contributed by atoms with van der Waals surface area (Å²) >= 11 is 0.798. The van der Waals surface area contributed by atoms with Gasteiger partial charge in [-0.15, -0.1) is 5.10 Å². The zero-order valence-corrected chi connectivity index (χ0v) is 11.0. The van der Waals surface area contributed by atoms with Gasteiger partial charge in [0, 0.05) is 12.3 Å². The van der Waals surface area contributed by atoms with E-state index in [2.05, 4.69) is 19.9 Å². The number of hydrogen-bond acceptors (Lipinski definition) is 9. The molecule has 0 spiro atoms. The normalized spacial score (nSPS) is 10.2. The zero-order valence-electron chi connectivity index (χ0n) is 10.2. The number of hydrogen-bond donors (Lipinski definition) is 0. The van der Waals surface area contributed by atoms with Crippen molar-refractivity contribution in [3.63, 3.8) is 0 Å². The third-order valence-corrected chi connectivity index (χ3v) is 2.84. The van der Waals surface area contributed by atoms with E-state index in [1.165, 1.54) is 18.3 Å². The van der Waals surface area contributed by atoms with Crippen molar-refractivity contribution >= 4 is 23.4 Å². The van der Waals surface area contributed by atoms with Gasteiger partial charge >= 0.3 is 17.5 Å². The molecule has 0 aliphatic carbocycles. The van der Waals surface area contributed by atoms with E-state index in [9.17, 15) is 14.9 Å². The van der Waals surface area contributed by atoms with E-state index in [0.29, 0.717) is 0 Å². The molecule has 0 aliphatic rings. The van der Waals surface area contributed by atoms with Gasteiger partial charge in [0.2, 0.25) is 0 Å². The van der Waals surface area contributed by atoms with Crippen molar-refractivity contribution in [2.24, 2.45) is 0 Å². The van der Waals surface area contributed by atoms with Crippen LogP contribution in [0.1, 0.15) is 17.6 Å². The predicted molar refractivity (Wildman–Crippen MR) is 65.3 cm³/mol. The van der Waals surface area contributed by atoms with Gasteiger partial charge in [-0.1, -0.05) is 5.10 Å². The Morgan fingerprint density at radius 3 is 3.05 bits per heavy atom. The molecule has 0 saturated heterocycles. The summed E-state index contributed by atoms with van der Waals surface area (Å²) in [5.41, 5.74) is -0.187. The summed E-state index contributed by atoms with van der Waals surface area (Å²) in [6.07, 6.45) is 1.40. The van der Waals surface area contributed by atoms with Crippen LogP contribution in [0, 0.1) is 10.1 Å². The number of carbonyl (C=O) groups is 1. The van der Waals surface area contributed by atoms with Gasteiger partial charge in [0.25, 0.3) is 5.22 Å². The number of esters is 1. The Bertz CT molecular complexity index is 644. The van der Waals surface area contributed by atoms with Crippen LogP contribution in [0.25, 0.3) is 0 Å². The lowest BCUT2D eigenvalue weighted by Gasteiger charge is -1.97. The van der Waals surface area contributed by atoms with Gasteiger partial charge in [0.15, 0.2) is 5.03 Å². The Morgan fingerprint density at radius 1 is 1.55 bits per heavy atom. The lowest BCUT2D eigenvalue weighted by atomic mass is 10.4. The average molecular weight is 296 g/mol. The van der Waals surface area contributed by atoms with Crippen LogP contribution in [0.5, 0.6) is 0 Å². The first-order valence-corrected chi connectivity index (χ1v) is 6.21. The van der Waals surface area contributed by atoms with E-state index in [-0.39, 0.29) is 28.4 Å². The summed E-state index contributed by atoms with van der Waals surface area (Å²) < 4.78 is 9.73. The summed E-state index contributed by atoms with van der Waals surface area (Å²) in [5.74, 6) is -1.06. The first-order chi connectivity index (χ1) is 9.61. The molecule has 2 rings (SSSR count). The predicted octanol–water partition coefficient (Wildman–Crippen LogP) is 1.70. The number of rotatable bonds is 5. The van der Waals surface area contributed by atoms with Crippen LogP contribution in [0.2, 0.25) is 0 Å².